The number of benzene rings is 2. The number of amides is 1. The molecule has 1 heterocycles. The molecule has 0 saturated carbocycles. The van der Waals surface area contributed by atoms with E-state index >= 15 is 0 Å². The van der Waals surface area contributed by atoms with Crippen molar-refractivity contribution < 1.29 is 9.53 Å². The number of rotatable bonds is 10. The predicted molar refractivity (Wildman–Crippen MR) is 128 cm³/mol. The van der Waals surface area contributed by atoms with Crippen molar-refractivity contribution in [3.05, 3.63) is 70.5 Å². The molecule has 0 saturated heterocycles. The third-order valence-corrected chi connectivity index (χ3v) is 6.08. The van der Waals surface area contributed by atoms with Crippen LogP contribution in [0, 0.1) is 20.8 Å². The summed E-state index contributed by atoms with van der Waals surface area (Å²) in [6.45, 7) is 9.64. The molecule has 3 aromatic rings. The Labute approximate surface area is 193 Å². The van der Waals surface area contributed by atoms with Crippen LogP contribution >= 0.6 is 11.8 Å². The van der Waals surface area contributed by atoms with Crippen LogP contribution in [0.3, 0.4) is 0 Å². The average molecular weight is 454 g/mol. The van der Waals surface area contributed by atoms with Crippen LogP contribution in [0.15, 0.2) is 47.6 Å². The molecule has 2 aromatic carbocycles. The maximum absolute atomic E-state index is 12.9. The molecule has 170 valence electrons. The number of ether oxygens (including phenoxy) is 1. The van der Waals surface area contributed by atoms with E-state index in [1.165, 1.54) is 22.0 Å². The van der Waals surface area contributed by atoms with Crippen LogP contribution in [0.4, 0.5) is 0 Å². The Kier molecular flexibility index (Phi) is 8.16. The summed E-state index contributed by atoms with van der Waals surface area (Å²) in [4.78, 5) is 14.7. The minimum absolute atomic E-state index is 0.0498. The van der Waals surface area contributed by atoms with E-state index in [4.69, 9.17) is 10.6 Å². The van der Waals surface area contributed by atoms with E-state index in [2.05, 4.69) is 48.3 Å². The number of para-hydroxylation sites is 1. The Morgan fingerprint density at radius 3 is 2.44 bits per heavy atom. The molecule has 32 heavy (non-hydrogen) atoms. The predicted octanol–water partition coefficient (Wildman–Crippen LogP) is 4.03. The van der Waals surface area contributed by atoms with Crippen LogP contribution in [0.1, 0.15) is 41.4 Å². The first kappa shape index (κ1) is 23.7. The van der Waals surface area contributed by atoms with Crippen molar-refractivity contribution in [2.75, 3.05) is 18.1 Å². The monoisotopic (exact) mass is 453 g/mol. The molecular weight excluding hydrogens is 422 g/mol. The highest BCUT2D eigenvalue weighted by molar-refractivity contribution is 7.99. The third kappa shape index (κ3) is 6.03. The molecule has 0 aliphatic carbocycles. The van der Waals surface area contributed by atoms with Gasteiger partial charge in [0.25, 0.3) is 0 Å². The number of carbonyl (C=O) groups excluding carboxylic acids is 1. The maximum Gasteiger partial charge on any atom is 0.233 e. The molecule has 0 aliphatic rings. The van der Waals surface area contributed by atoms with Crippen LogP contribution in [-0.2, 0) is 17.9 Å². The number of carbonyl (C=O) groups is 1. The summed E-state index contributed by atoms with van der Waals surface area (Å²) in [6, 6.07) is 14.3. The highest BCUT2D eigenvalue weighted by Gasteiger charge is 2.17. The first-order valence-corrected chi connectivity index (χ1v) is 11.7. The van der Waals surface area contributed by atoms with Crippen molar-refractivity contribution in [1.82, 2.24) is 19.8 Å². The van der Waals surface area contributed by atoms with Crippen molar-refractivity contribution >= 4 is 17.7 Å². The molecule has 8 heteroatoms. The van der Waals surface area contributed by atoms with Gasteiger partial charge in [-0.3, -0.25) is 4.79 Å². The molecule has 0 bridgehead atoms. The zero-order valence-corrected chi connectivity index (χ0v) is 20.0. The van der Waals surface area contributed by atoms with Crippen molar-refractivity contribution in [2.45, 2.75) is 52.4 Å². The summed E-state index contributed by atoms with van der Waals surface area (Å²) in [5.74, 6) is 7.80. The minimum atomic E-state index is 0.0498. The molecule has 3 rings (SSSR count). The molecule has 1 amide bonds. The van der Waals surface area contributed by atoms with Gasteiger partial charge in [-0.2, -0.15) is 0 Å². The number of aromatic nitrogens is 3. The lowest BCUT2D eigenvalue weighted by molar-refractivity contribution is -0.129. The summed E-state index contributed by atoms with van der Waals surface area (Å²) >= 11 is 1.29. The second-order valence-electron chi connectivity index (χ2n) is 7.87. The topological polar surface area (TPSA) is 86.3 Å². The molecule has 0 atom stereocenters. The molecule has 0 spiro atoms. The van der Waals surface area contributed by atoms with Gasteiger partial charge in [0.1, 0.15) is 12.4 Å². The zero-order valence-electron chi connectivity index (χ0n) is 19.2. The van der Waals surface area contributed by atoms with Gasteiger partial charge >= 0.3 is 0 Å². The smallest absolute Gasteiger partial charge is 0.233 e. The number of hydrogen-bond donors (Lipinski definition) is 1. The summed E-state index contributed by atoms with van der Waals surface area (Å²) < 4.78 is 7.33. The Balaban J connectivity index is 1.59. The van der Waals surface area contributed by atoms with Crippen LogP contribution < -0.4 is 10.6 Å². The molecule has 2 N–H and O–H groups in total. The maximum atomic E-state index is 12.9. The molecule has 1 aromatic heterocycles. The molecule has 0 unspecified atom stereocenters. The van der Waals surface area contributed by atoms with E-state index in [0.717, 1.165) is 28.9 Å². The van der Waals surface area contributed by atoms with Gasteiger partial charge < -0.3 is 15.5 Å². The number of nitrogens with zero attached hydrogens (tertiary/aromatic N) is 4. The molecule has 0 fully saturated rings. The van der Waals surface area contributed by atoms with E-state index in [0.29, 0.717) is 24.1 Å². The zero-order chi connectivity index (χ0) is 23.1. The Morgan fingerprint density at radius 1 is 1.09 bits per heavy atom. The minimum Gasteiger partial charge on any atom is -0.485 e. The average Bonchev–Trinajstić information content (AvgIpc) is 3.12. The van der Waals surface area contributed by atoms with Gasteiger partial charge in [-0.25, -0.2) is 4.68 Å². The van der Waals surface area contributed by atoms with E-state index in [1.807, 2.05) is 36.9 Å². The number of nitrogens with two attached hydrogens (primary N) is 1. The van der Waals surface area contributed by atoms with E-state index in [-0.39, 0.29) is 18.3 Å². The quantitative estimate of drug-likeness (QED) is 0.368. The van der Waals surface area contributed by atoms with Crippen molar-refractivity contribution in [2.24, 2.45) is 0 Å². The summed E-state index contributed by atoms with van der Waals surface area (Å²) in [6.07, 6.45) is 0.898. The van der Waals surface area contributed by atoms with Gasteiger partial charge in [0.05, 0.1) is 5.75 Å². The van der Waals surface area contributed by atoms with E-state index in [1.54, 1.807) is 0 Å². The lowest BCUT2D eigenvalue weighted by Crippen LogP contribution is -2.32. The summed E-state index contributed by atoms with van der Waals surface area (Å²) in [7, 11) is 0. The SMILES string of the molecule is CCCN(Cc1ccc(C)cc1)C(=O)CSc1nnc(COc2c(C)cccc2C)n1N. The second kappa shape index (κ2) is 11.0. The number of aryl methyl sites for hydroxylation is 3. The van der Waals surface area contributed by atoms with Crippen LogP contribution in [0.2, 0.25) is 0 Å². The van der Waals surface area contributed by atoms with Gasteiger partial charge in [-0.15, -0.1) is 10.2 Å². The summed E-state index contributed by atoms with van der Waals surface area (Å²) in [5, 5.41) is 8.78. The van der Waals surface area contributed by atoms with Crippen LogP contribution in [0.25, 0.3) is 0 Å². The van der Waals surface area contributed by atoms with Gasteiger partial charge in [-0.05, 0) is 43.9 Å². The molecule has 7 nitrogen and oxygen atoms in total. The fourth-order valence-electron chi connectivity index (χ4n) is 3.36. The van der Waals surface area contributed by atoms with Crippen molar-refractivity contribution in [3.63, 3.8) is 0 Å². The fraction of sp³-hybridized carbons (Fsp3) is 0.375. The van der Waals surface area contributed by atoms with Crippen LogP contribution in [-0.4, -0.2) is 38.0 Å². The number of thioether (sulfide) groups is 1. The van der Waals surface area contributed by atoms with Gasteiger partial charge in [-0.1, -0.05) is 66.7 Å². The molecule has 0 radical (unpaired) electrons. The van der Waals surface area contributed by atoms with Crippen LogP contribution in [0.5, 0.6) is 5.75 Å². The number of hydrogen-bond acceptors (Lipinski definition) is 6. The fourth-order valence-corrected chi connectivity index (χ4v) is 4.14. The highest BCUT2D eigenvalue weighted by Crippen LogP contribution is 2.24. The largest absolute Gasteiger partial charge is 0.485 e. The van der Waals surface area contributed by atoms with Gasteiger partial charge in [0, 0.05) is 13.1 Å². The Morgan fingerprint density at radius 2 is 1.78 bits per heavy atom. The highest BCUT2D eigenvalue weighted by atomic mass is 32.2. The number of nitrogen functional groups attached to an aromatic ring is 1. The first-order chi connectivity index (χ1) is 15.4. The van der Waals surface area contributed by atoms with Crippen molar-refractivity contribution in [1.29, 1.82) is 0 Å². The van der Waals surface area contributed by atoms with E-state index < -0.39 is 0 Å². The van der Waals surface area contributed by atoms with Crippen molar-refractivity contribution in [3.8, 4) is 5.75 Å². The molecule has 0 aliphatic heterocycles. The third-order valence-electron chi connectivity index (χ3n) is 5.15. The standard InChI is InChI=1S/C24H31N5O2S/c1-5-13-28(14-20-11-9-17(2)10-12-20)22(30)16-32-24-27-26-21(29(24)25)15-31-23-18(3)7-6-8-19(23)4/h6-12H,5,13-16,25H2,1-4H3. The lowest BCUT2D eigenvalue weighted by atomic mass is 10.1. The second-order valence-corrected chi connectivity index (χ2v) is 8.81. The summed E-state index contributed by atoms with van der Waals surface area (Å²) in [5.41, 5.74) is 4.43. The first-order valence-electron chi connectivity index (χ1n) is 10.7. The normalized spacial score (nSPS) is 10.9. The lowest BCUT2D eigenvalue weighted by Gasteiger charge is -2.22. The molecular formula is C24H31N5O2S. The Hall–Kier alpha value is -3.00. The van der Waals surface area contributed by atoms with Gasteiger partial charge in [0.15, 0.2) is 5.82 Å². The van der Waals surface area contributed by atoms with E-state index in [9.17, 15) is 4.79 Å². The Bertz CT molecular complexity index is 1030. The van der Waals surface area contributed by atoms with Gasteiger partial charge in [0.2, 0.25) is 11.1 Å².